The average molecular weight is 276 g/mol. The third-order valence-corrected chi connectivity index (χ3v) is 3.17. The van der Waals surface area contributed by atoms with Gasteiger partial charge in [-0.1, -0.05) is 54.6 Å². The van der Waals surface area contributed by atoms with Crippen molar-refractivity contribution < 1.29 is 0 Å². The molecule has 3 aromatic rings. The van der Waals surface area contributed by atoms with Crippen LogP contribution in [0.3, 0.4) is 0 Å². The maximum atomic E-state index is 5.39. The van der Waals surface area contributed by atoms with Gasteiger partial charge in [-0.25, -0.2) is 10.8 Å². The van der Waals surface area contributed by atoms with E-state index in [1.54, 1.807) is 0 Å². The highest BCUT2D eigenvalue weighted by molar-refractivity contribution is 5.80. The normalized spacial score (nSPS) is 10.1. The van der Waals surface area contributed by atoms with E-state index in [1.165, 1.54) is 0 Å². The lowest BCUT2D eigenvalue weighted by molar-refractivity contribution is 1.22. The van der Waals surface area contributed by atoms with Gasteiger partial charge in [-0.2, -0.15) is 0 Å². The van der Waals surface area contributed by atoms with Crippen molar-refractivity contribution in [2.75, 3.05) is 10.7 Å². The first-order valence-corrected chi connectivity index (χ1v) is 6.72. The molecule has 0 aliphatic rings. The van der Waals surface area contributed by atoms with Crippen LogP contribution in [0.1, 0.15) is 0 Å². The number of anilines is 3. The van der Waals surface area contributed by atoms with E-state index in [9.17, 15) is 0 Å². The van der Waals surface area contributed by atoms with Crippen LogP contribution in [0.2, 0.25) is 0 Å². The van der Waals surface area contributed by atoms with Gasteiger partial charge in [0.15, 0.2) is 0 Å². The molecule has 0 atom stereocenters. The second-order valence-electron chi connectivity index (χ2n) is 4.59. The third-order valence-electron chi connectivity index (χ3n) is 3.17. The summed E-state index contributed by atoms with van der Waals surface area (Å²) in [5.41, 5.74) is 5.84. The highest BCUT2D eigenvalue weighted by Gasteiger charge is 2.05. The lowest BCUT2D eigenvalue weighted by Gasteiger charge is -2.12. The van der Waals surface area contributed by atoms with Gasteiger partial charge in [0.1, 0.15) is 11.6 Å². The standard InChI is InChI=1S/C17H16N4/c18-21-17-12-6-11-16(20-17)19-15-10-5-4-9-14(15)13-7-2-1-3-8-13/h1-12H,18H2,(H2,19,20,21). The number of nitrogen functional groups attached to an aromatic ring is 1. The molecule has 104 valence electrons. The van der Waals surface area contributed by atoms with Crippen molar-refractivity contribution in [2.45, 2.75) is 0 Å². The molecule has 0 spiro atoms. The Morgan fingerprint density at radius 1 is 0.714 bits per heavy atom. The molecule has 3 rings (SSSR count). The molecular formula is C17H16N4. The summed E-state index contributed by atoms with van der Waals surface area (Å²) < 4.78 is 0. The van der Waals surface area contributed by atoms with Crippen molar-refractivity contribution in [1.82, 2.24) is 4.98 Å². The zero-order valence-electron chi connectivity index (χ0n) is 11.5. The molecule has 4 heteroatoms. The van der Waals surface area contributed by atoms with Crippen LogP contribution < -0.4 is 16.6 Å². The van der Waals surface area contributed by atoms with Crippen molar-refractivity contribution >= 4 is 17.3 Å². The summed E-state index contributed by atoms with van der Waals surface area (Å²) in [7, 11) is 0. The first-order chi connectivity index (χ1) is 10.4. The smallest absolute Gasteiger partial charge is 0.142 e. The van der Waals surface area contributed by atoms with Crippen molar-refractivity contribution in [1.29, 1.82) is 0 Å². The Labute approximate surface area is 123 Å². The zero-order valence-corrected chi connectivity index (χ0v) is 11.5. The van der Waals surface area contributed by atoms with Gasteiger partial charge in [0, 0.05) is 11.3 Å². The first kappa shape index (κ1) is 13.1. The van der Waals surface area contributed by atoms with E-state index in [0.717, 1.165) is 22.6 Å². The van der Waals surface area contributed by atoms with Gasteiger partial charge < -0.3 is 10.7 Å². The number of nitrogens with one attached hydrogen (secondary N) is 2. The lowest BCUT2D eigenvalue weighted by atomic mass is 10.0. The van der Waals surface area contributed by atoms with Crippen LogP contribution in [0.5, 0.6) is 0 Å². The molecule has 0 fully saturated rings. The van der Waals surface area contributed by atoms with E-state index in [-0.39, 0.29) is 0 Å². The highest BCUT2D eigenvalue weighted by atomic mass is 15.3. The van der Waals surface area contributed by atoms with E-state index in [0.29, 0.717) is 5.82 Å². The SMILES string of the molecule is NNc1cccc(Nc2ccccc2-c2ccccc2)n1. The number of hydrazine groups is 1. The number of rotatable bonds is 4. The molecule has 2 aromatic carbocycles. The van der Waals surface area contributed by atoms with Crippen LogP contribution in [0.15, 0.2) is 72.8 Å². The molecule has 21 heavy (non-hydrogen) atoms. The molecule has 1 aromatic heterocycles. The van der Waals surface area contributed by atoms with Crippen molar-refractivity contribution in [2.24, 2.45) is 5.84 Å². The first-order valence-electron chi connectivity index (χ1n) is 6.72. The number of nitrogens with two attached hydrogens (primary N) is 1. The molecule has 1 heterocycles. The Bertz CT molecular complexity index is 726. The van der Waals surface area contributed by atoms with E-state index < -0.39 is 0 Å². The number of nitrogens with zero attached hydrogens (tertiary/aromatic N) is 1. The molecule has 0 aliphatic heterocycles. The number of hydrogen-bond acceptors (Lipinski definition) is 4. The number of benzene rings is 2. The second-order valence-corrected chi connectivity index (χ2v) is 4.59. The fourth-order valence-electron chi connectivity index (χ4n) is 2.18. The van der Waals surface area contributed by atoms with E-state index in [2.05, 4.69) is 33.9 Å². The van der Waals surface area contributed by atoms with E-state index >= 15 is 0 Å². The number of aromatic nitrogens is 1. The molecule has 0 unspecified atom stereocenters. The molecule has 0 aliphatic carbocycles. The summed E-state index contributed by atoms with van der Waals surface area (Å²) in [5.74, 6) is 6.76. The minimum absolute atomic E-state index is 0.622. The Balaban J connectivity index is 1.96. The van der Waals surface area contributed by atoms with Crippen LogP contribution in [0.4, 0.5) is 17.3 Å². The Morgan fingerprint density at radius 3 is 2.24 bits per heavy atom. The van der Waals surface area contributed by atoms with Gasteiger partial charge in [0.2, 0.25) is 0 Å². The van der Waals surface area contributed by atoms with E-state index in [1.807, 2.05) is 54.6 Å². The third kappa shape index (κ3) is 3.01. The quantitative estimate of drug-likeness (QED) is 0.501. The van der Waals surface area contributed by atoms with Gasteiger partial charge in [0.05, 0.1) is 0 Å². The van der Waals surface area contributed by atoms with Gasteiger partial charge >= 0.3 is 0 Å². The minimum atomic E-state index is 0.622. The van der Waals surface area contributed by atoms with Gasteiger partial charge in [-0.15, -0.1) is 0 Å². The summed E-state index contributed by atoms with van der Waals surface area (Å²) in [6.07, 6.45) is 0. The minimum Gasteiger partial charge on any atom is -0.340 e. The molecule has 0 bridgehead atoms. The lowest BCUT2D eigenvalue weighted by Crippen LogP contribution is -2.09. The van der Waals surface area contributed by atoms with Crippen LogP contribution in [-0.4, -0.2) is 4.98 Å². The summed E-state index contributed by atoms with van der Waals surface area (Å²) in [6, 6.07) is 24.0. The molecule has 0 radical (unpaired) electrons. The van der Waals surface area contributed by atoms with E-state index in [4.69, 9.17) is 5.84 Å². The largest absolute Gasteiger partial charge is 0.340 e. The molecule has 4 nitrogen and oxygen atoms in total. The Kier molecular flexibility index (Phi) is 3.80. The summed E-state index contributed by atoms with van der Waals surface area (Å²) in [6.45, 7) is 0. The van der Waals surface area contributed by atoms with Crippen LogP contribution in [-0.2, 0) is 0 Å². The summed E-state index contributed by atoms with van der Waals surface area (Å²) in [5, 5.41) is 3.34. The fraction of sp³-hybridized carbons (Fsp3) is 0. The Hall–Kier alpha value is -2.85. The molecule has 4 N–H and O–H groups in total. The van der Waals surface area contributed by atoms with Crippen molar-refractivity contribution in [3.8, 4) is 11.1 Å². The second kappa shape index (κ2) is 6.07. The summed E-state index contributed by atoms with van der Waals surface area (Å²) >= 11 is 0. The summed E-state index contributed by atoms with van der Waals surface area (Å²) in [4.78, 5) is 4.37. The predicted molar refractivity (Wildman–Crippen MR) is 87.2 cm³/mol. The van der Waals surface area contributed by atoms with Crippen molar-refractivity contribution in [3.63, 3.8) is 0 Å². The van der Waals surface area contributed by atoms with Gasteiger partial charge in [0.25, 0.3) is 0 Å². The predicted octanol–water partition coefficient (Wildman–Crippen LogP) is 3.78. The number of para-hydroxylation sites is 1. The average Bonchev–Trinajstić information content (AvgIpc) is 2.56. The van der Waals surface area contributed by atoms with Gasteiger partial charge in [-0.05, 0) is 23.8 Å². The van der Waals surface area contributed by atoms with Crippen molar-refractivity contribution in [3.05, 3.63) is 72.8 Å². The fourth-order valence-corrected chi connectivity index (χ4v) is 2.18. The van der Waals surface area contributed by atoms with Crippen LogP contribution >= 0.6 is 0 Å². The van der Waals surface area contributed by atoms with Crippen LogP contribution in [0.25, 0.3) is 11.1 Å². The maximum Gasteiger partial charge on any atom is 0.142 e. The topological polar surface area (TPSA) is 63.0 Å². The highest BCUT2D eigenvalue weighted by Crippen LogP contribution is 2.29. The molecule has 0 saturated heterocycles. The zero-order chi connectivity index (χ0) is 14.5. The monoisotopic (exact) mass is 276 g/mol. The maximum absolute atomic E-state index is 5.39. The molecule has 0 saturated carbocycles. The number of pyridine rings is 1. The van der Waals surface area contributed by atoms with Gasteiger partial charge in [-0.3, -0.25) is 0 Å². The number of hydrogen-bond donors (Lipinski definition) is 3. The van der Waals surface area contributed by atoms with Crippen LogP contribution in [0, 0.1) is 0 Å². The molecule has 0 amide bonds. The molecular weight excluding hydrogens is 260 g/mol. The Morgan fingerprint density at radius 2 is 1.43 bits per heavy atom.